The molecule has 0 aromatic heterocycles. The molecule has 0 bridgehead atoms. The van der Waals surface area contributed by atoms with Gasteiger partial charge in [-0.1, -0.05) is 27.7 Å². The van der Waals surface area contributed by atoms with Gasteiger partial charge in [0.05, 0.1) is 0 Å². The molecule has 0 radical (unpaired) electrons. The highest BCUT2D eigenvalue weighted by Gasteiger charge is 2.27. The summed E-state index contributed by atoms with van der Waals surface area (Å²) in [5.41, 5.74) is 3.36. The number of carbonyl (C=O) groups is 1. The Bertz CT molecular complexity index is 857. The first-order valence-corrected chi connectivity index (χ1v) is 11.1. The molecule has 1 aliphatic rings. The first-order valence-electron chi connectivity index (χ1n) is 11.1. The van der Waals surface area contributed by atoms with Gasteiger partial charge in [0, 0.05) is 24.2 Å². The van der Waals surface area contributed by atoms with Gasteiger partial charge in [0.15, 0.2) is 5.78 Å². The zero-order valence-corrected chi connectivity index (χ0v) is 18.7. The largest absolute Gasteiger partial charge is 0.492 e. The highest BCUT2D eigenvalue weighted by Crippen LogP contribution is 2.40. The monoisotopic (exact) mass is 410 g/mol. The van der Waals surface area contributed by atoms with Gasteiger partial charge in [-0.15, -0.1) is 0 Å². The Balaban J connectivity index is 1.68. The van der Waals surface area contributed by atoms with Gasteiger partial charge in [0.25, 0.3) is 0 Å². The second kappa shape index (κ2) is 10.6. The molecule has 0 spiro atoms. The molecule has 0 saturated heterocycles. The lowest BCUT2D eigenvalue weighted by Crippen LogP contribution is -2.27. The molecule has 2 aromatic carbocycles. The summed E-state index contributed by atoms with van der Waals surface area (Å²) in [6.07, 6.45) is 0. The fraction of sp³-hybridized carbons (Fsp3) is 0.480. The molecule has 30 heavy (non-hydrogen) atoms. The highest BCUT2D eigenvalue weighted by molar-refractivity contribution is 6.22. The average molecular weight is 411 g/mol. The zero-order valence-electron chi connectivity index (χ0n) is 18.7. The normalized spacial score (nSPS) is 12.4. The van der Waals surface area contributed by atoms with Crippen LogP contribution in [0.4, 0.5) is 0 Å². The smallest absolute Gasteiger partial charge is 0.194 e. The van der Waals surface area contributed by atoms with Crippen LogP contribution in [0.15, 0.2) is 36.4 Å². The number of likely N-dealkylation sites (N-methyl/N-ethyl adjacent to an activating group) is 2. The van der Waals surface area contributed by atoms with Crippen molar-refractivity contribution in [3.05, 3.63) is 47.5 Å². The van der Waals surface area contributed by atoms with Gasteiger partial charge in [-0.2, -0.15) is 0 Å². The van der Waals surface area contributed by atoms with Crippen LogP contribution in [0.3, 0.4) is 0 Å². The van der Waals surface area contributed by atoms with Crippen molar-refractivity contribution in [2.45, 2.75) is 27.7 Å². The number of hydrogen-bond acceptors (Lipinski definition) is 5. The molecule has 0 atom stereocenters. The molecule has 0 saturated carbocycles. The van der Waals surface area contributed by atoms with Gasteiger partial charge < -0.3 is 19.3 Å². The van der Waals surface area contributed by atoms with Gasteiger partial charge in [-0.05, 0) is 73.7 Å². The number of nitrogens with zero attached hydrogens (tertiary/aromatic N) is 2. The van der Waals surface area contributed by atoms with Crippen LogP contribution in [0.5, 0.6) is 11.5 Å². The summed E-state index contributed by atoms with van der Waals surface area (Å²) in [5.74, 6) is 1.61. The third-order valence-electron chi connectivity index (χ3n) is 5.90. The van der Waals surface area contributed by atoms with Gasteiger partial charge in [0.2, 0.25) is 0 Å². The lowest BCUT2D eigenvalue weighted by Gasteiger charge is -2.18. The fourth-order valence-corrected chi connectivity index (χ4v) is 3.88. The van der Waals surface area contributed by atoms with E-state index >= 15 is 0 Å². The van der Waals surface area contributed by atoms with Crippen molar-refractivity contribution in [2.24, 2.45) is 0 Å². The van der Waals surface area contributed by atoms with E-state index in [-0.39, 0.29) is 5.78 Å². The number of hydrogen-bond donors (Lipinski definition) is 0. The maximum absolute atomic E-state index is 12.9. The third-order valence-corrected chi connectivity index (χ3v) is 5.90. The van der Waals surface area contributed by atoms with Crippen molar-refractivity contribution in [1.82, 2.24) is 9.80 Å². The van der Waals surface area contributed by atoms with E-state index in [2.05, 4.69) is 37.5 Å². The molecule has 0 N–H and O–H groups in total. The topological polar surface area (TPSA) is 42.0 Å². The minimum atomic E-state index is 0.0592. The summed E-state index contributed by atoms with van der Waals surface area (Å²) in [7, 11) is 0. The molecule has 1 aliphatic carbocycles. The van der Waals surface area contributed by atoms with Crippen LogP contribution in [-0.4, -0.2) is 68.1 Å². The Labute approximate surface area is 180 Å². The number of rotatable bonds is 12. The Kier molecular flexibility index (Phi) is 7.88. The molecule has 3 rings (SSSR count). The van der Waals surface area contributed by atoms with E-state index in [0.717, 1.165) is 67.5 Å². The molecule has 0 heterocycles. The summed E-state index contributed by atoms with van der Waals surface area (Å²) in [6, 6.07) is 11.6. The minimum absolute atomic E-state index is 0.0592. The number of carbonyl (C=O) groups excluding carboxylic acids is 1. The van der Waals surface area contributed by atoms with Gasteiger partial charge >= 0.3 is 0 Å². The predicted octanol–water partition coefficient (Wildman–Crippen LogP) is 4.34. The van der Waals surface area contributed by atoms with Crippen molar-refractivity contribution < 1.29 is 14.3 Å². The summed E-state index contributed by atoms with van der Waals surface area (Å²) in [6.45, 7) is 15.7. The first kappa shape index (κ1) is 22.3. The van der Waals surface area contributed by atoms with Gasteiger partial charge in [-0.25, -0.2) is 0 Å². The summed E-state index contributed by atoms with van der Waals surface area (Å²) in [4.78, 5) is 17.5. The van der Waals surface area contributed by atoms with Crippen molar-refractivity contribution >= 4 is 5.78 Å². The van der Waals surface area contributed by atoms with E-state index in [1.807, 2.05) is 36.4 Å². The van der Waals surface area contributed by atoms with Crippen LogP contribution < -0.4 is 9.47 Å². The number of ketones is 1. The molecule has 0 fully saturated rings. The summed E-state index contributed by atoms with van der Waals surface area (Å²) >= 11 is 0. The van der Waals surface area contributed by atoms with Crippen molar-refractivity contribution in [3.8, 4) is 22.6 Å². The second-order valence-corrected chi connectivity index (χ2v) is 7.49. The van der Waals surface area contributed by atoms with Crippen LogP contribution >= 0.6 is 0 Å². The molecular formula is C25H34N2O3. The predicted molar refractivity (Wildman–Crippen MR) is 122 cm³/mol. The van der Waals surface area contributed by atoms with Gasteiger partial charge in [0.1, 0.15) is 24.7 Å². The quantitative estimate of drug-likeness (QED) is 0.444. The van der Waals surface area contributed by atoms with Crippen molar-refractivity contribution in [1.29, 1.82) is 0 Å². The first-order chi connectivity index (χ1) is 14.6. The Morgan fingerprint density at radius 1 is 0.633 bits per heavy atom. The lowest BCUT2D eigenvalue weighted by molar-refractivity contribution is 0.104. The number of benzene rings is 2. The molecule has 5 heteroatoms. The van der Waals surface area contributed by atoms with Crippen LogP contribution in [-0.2, 0) is 0 Å². The molecular weight excluding hydrogens is 376 g/mol. The molecule has 2 aromatic rings. The maximum Gasteiger partial charge on any atom is 0.194 e. The van der Waals surface area contributed by atoms with Crippen molar-refractivity contribution in [3.63, 3.8) is 0 Å². The van der Waals surface area contributed by atoms with Crippen LogP contribution in [0, 0.1) is 0 Å². The minimum Gasteiger partial charge on any atom is -0.492 e. The SMILES string of the molecule is CCN(CC)CCOc1ccc2c(c1)C(=O)c1ccc(OCCN(CC)CC)cc1-2. The second-order valence-electron chi connectivity index (χ2n) is 7.49. The molecule has 0 aliphatic heterocycles. The number of ether oxygens (including phenoxy) is 2. The van der Waals surface area contributed by atoms with E-state index in [0.29, 0.717) is 18.8 Å². The van der Waals surface area contributed by atoms with E-state index in [1.54, 1.807) is 0 Å². The Morgan fingerprint density at radius 3 is 1.60 bits per heavy atom. The van der Waals surface area contributed by atoms with Crippen molar-refractivity contribution in [2.75, 3.05) is 52.5 Å². The van der Waals surface area contributed by atoms with E-state index in [9.17, 15) is 4.79 Å². The molecule has 162 valence electrons. The molecule has 5 nitrogen and oxygen atoms in total. The zero-order chi connectivity index (χ0) is 21.5. The Morgan fingerprint density at radius 2 is 1.10 bits per heavy atom. The van der Waals surface area contributed by atoms with Gasteiger partial charge in [-0.3, -0.25) is 4.79 Å². The lowest BCUT2D eigenvalue weighted by atomic mass is 10.1. The molecule has 0 amide bonds. The van der Waals surface area contributed by atoms with E-state index in [4.69, 9.17) is 9.47 Å². The Hall–Kier alpha value is -2.37. The van der Waals surface area contributed by atoms with E-state index in [1.165, 1.54) is 0 Å². The standard InChI is InChI=1S/C25H34N2O3/c1-5-26(6-2)13-15-29-19-10-12-22-23(17-19)21-11-9-20(18-24(21)25(22)28)30-16-14-27(7-3)8-4/h9-12,17-18H,5-8,13-16H2,1-4H3. The number of fused-ring (bicyclic) bond motifs is 3. The van der Waals surface area contributed by atoms with Crippen LogP contribution in [0.1, 0.15) is 43.6 Å². The van der Waals surface area contributed by atoms with Crippen LogP contribution in [0.25, 0.3) is 11.1 Å². The third kappa shape index (κ3) is 5.02. The van der Waals surface area contributed by atoms with E-state index < -0.39 is 0 Å². The maximum atomic E-state index is 12.9. The molecule has 0 unspecified atom stereocenters. The highest BCUT2D eigenvalue weighted by atomic mass is 16.5. The van der Waals surface area contributed by atoms with Crippen LogP contribution in [0.2, 0.25) is 0 Å². The summed E-state index contributed by atoms with van der Waals surface area (Å²) in [5, 5.41) is 0. The average Bonchev–Trinajstić information content (AvgIpc) is 3.05. The fourth-order valence-electron chi connectivity index (χ4n) is 3.88. The summed E-state index contributed by atoms with van der Waals surface area (Å²) < 4.78 is 11.9.